The Hall–Kier alpha value is -1.53. The lowest BCUT2D eigenvalue weighted by molar-refractivity contribution is 0.0769. The number of para-hydroxylation sites is 1. The summed E-state index contributed by atoms with van der Waals surface area (Å²) in [5.41, 5.74) is 3.03. The van der Waals surface area contributed by atoms with Gasteiger partial charge in [0.1, 0.15) is 6.07 Å². The maximum absolute atomic E-state index is 9.01. The van der Waals surface area contributed by atoms with E-state index >= 15 is 0 Å². The van der Waals surface area contributed by atoms with Crippen LogP contribution in [-0.2, 0) is 4.74 Å². The Morgan fingerprint density at radius 1 is 1.47 bits per heavy atom. The van der Waals surface area contributed by atoms with Crippen LogP contribution in [0.2, 0.25) is 0 Å². The third kappa shape index (κ3) is 1.22. The minimum Gasteiger partial charge on any atom is -0.381 e. The minimum absolute atomic E-state index is 0.432. The quantitative estimate of drug-likeness (QED) is 0.695. The van der Waals surface area contributed by atoms with E-state index in [1.54, 1.807) is 0 Å². The summed E-state index contributed by atoms with van der Waals surface area (Å²) in [5, 5.41) is 12.5. The van der Waals surface area contributed by atoms with Gasteiger partial charge in [-0.15, -0.1) is 0 Å². The normalized spacial score (nSPS) is 27.4. The number of nitrogens with one attached hydrogen (secondary N) is 1. The van der Waals surface area contributed by atoms with Crippen molar-refractivity contribution in [2.75, 3.05) is 18.5 Å². The first kappa shape index (κ1) is 8.75. The fourth-order valence-corrected chi connectivity index (χ4v) is 2.54. The second-order valence-electron chi connectivity index (χ2n) is 4.10. The molecule has 3 nitrogen and oxygen atoms in total. The first-order valence-electron chi connectivity index (χ1n) is 5.27. The van der Waals surface area contributed by atoms with E-state index < -0.39 is 0 Å². The van der Waals surface area contributed by atoms with Crippen LogP contribution >= 0.6 is 0 Å². The Morgan fingerprint density at radius 2 is 2.40 bits per heavy atom. The van der Waals surface area contributed by atoms with Crippen molar-refractivity contribution in [2.45, 2.75) is 18.4 Å². The molecule has 15 heavy (non-hydrogen) atoms. The SMILES string of the molecule is N#Cc1cccc2c1NC1CCOCC21. The van der Waals surface area contributed by atoms with Gasteiger partial charge >= 0.3 is 0 Å². The average molecular weight is 200 g/mol. The summed E-state index contributed by atoms with van der Waals surface area (Å²) in [6.45, 7) is 1.60. The first-order valence-corrected chi connectivity index (χ1v) is 5.27. The number of nitrogens with zero attached hydrogens (tertiary/aromatic N) is 1. The van der Waals surface area contributed by atoms with Crippen LogP contribution in [0.3, 0.4) is 0 Å². The van der Waals surface area contributed by atoms with Crippen LogP contribution in [0.5, 0.6) is 0 Å². The summed E-state index contributed by atoms with van der Waals surface area (Å²) >= 11 is 0. The van der Waals surface area contributed by atoms with E-state index in [1.165, 1.54) is 5.56 Å². The molecule has 2 aliphatic rings. The number of hydrogen-bond acceptors (Lipinski definition) is 3. The molecule has 0 saturated carbocycles. The zero-order valence-electron chi connectivity index (χ0n) is 8.36. The Kier molecular flexibility index (Phi) is 1.90. The molecule has 0 aromatic heterocycles. The van der Waals surface area contributed by atoms with E-state index in [2.05, 4.69) is 17.5 Å². The molecule has 1 aromatic rings. The van der Waals surface area contributed by atoms with Gasteiger partial charge in [0.2, 0.25) is 0 Å². The highest BCUT2D eigenvalue weighted by Gasteiger charge is 2.35. The van der Waals surface area contributed by atoms with Crippen molar-refractivity contribution in [3.8, 4) is 6.07 Å². The highest BCUT2D eigenvalue weighted by Crippen LogP contribution is 2.40. The number of hydrogen-bond donors (Lipinski definition) is 1. The van der Waals surface area contributed by atoms with Gasteiger partial charge in [-0.25, -0.2) is 0 Å². The molecule has 0 aliphatic carbocycles. The van der Waals surface area contributed by atoms with Crippen LogP contribution in [-0.4, -0.2) is 19.3 Å². The molecule has 0 amide bonds. The molecule has 2 aliphatic heterocycles. The number of fused-ring (bicyclic) bond motifs is 3. The zero-order chi connectivity index (χ0) is 10.3. The molecule has 2 atom stereocenters. The van der Waals surface area contributed by atoms with Gasteiger partial charge in [-0.3, -0.25) is 0 Å². The van der Waals surface area contributed by atoms with E-state index in [4.69, 9.17) is 10.00 Å². The Bertz CT molecular complexity index is 436. The number of ether oxygens (including phenoxy) is 1. The second-order valence-corrected chi connectivity index (χ2v) is 4.10. The smallest absolute Gasteiger partial charge is 0.101 e. The second kappa shape index (κ2) is 3.25. The monoisotopic (exact) mass is 200 g/mol. The highest BCUT2D eigenvalue weighted by atomic mass is 16.5. The van der Waals surface area contributed by atoms with Crippen LogP contribution in [0.4, 0.5) is 5.69 Å². The molecule has 2 unspecified atom stereocenters. The van der Waals surface area contributed by atoms with E-state index in [1.807, 2.05) is 12.1 Å². The average Bonchev–Trinajstić information content (AvgIpc) is 2.67. The lowest BCUT2D eigenvalue weighted by Gasteiger charge is -2.25. The molecule has 3 heteroatoms. The fourth-order valence-electron chi connectivity index (χ4n) is 2.54. The van der Waals surface area contributed by atoms with Crippen molar-refractivity contribution < 1.29 is 4.74 Å². The summed E-state index contributed by atoms with van der Waals surface area (Å²) in [6.07, 6.45) is 1.03. The fraction of sp³-hybridized carbons (Fsp3) is 0.417. The minimum atomic E-state index is 0.432. The summed E-state index contributed by atoms with van der Waals surface area (Å²) < 4.78 is 5.49. The summed E-state index contributed by atoms with van der Waals surface area (Å²) in [6, 6.07) is 8.61. The number of benzene rings is 1. The van der Waals surface area contributed by atoms with Crippen LogP contribution in [0.25, 0.3) is 0 Å². The molecule has 1 saturated heterocycles. The van der Waals surface area contributed by atoms with Gasteiger partial charge in [0, 0.05) is 18.6 Å². The Labute approximate surface area is 88.7 Å². The van der Waals surface area contributed by atoms with Gasteiger partial charge in [0.25, 0.3) is 0 Å². The molecule has 0 spiro atoms. The van der Waals surface area contributed by atoms with Crippen LogP contribution < -0.4 is 5.32 Å². The molecule has 3 rings (SSSR count). The molecule has 2 heterocycles. The third-order valence-electron chi connectivity index (χ3n) is 3.30. The lowest BCUT2D eigenvalue weighted by Crippen LogP contribution is -2.30. The van der Waals surface area contributed by atoms with Gasteiger partial charge < -0.3 is 10.1 Å². The largest absolute Gasteiger partial charge is 0.381 e. The van der Waals surface area contributed by atoms with E-state index in [0.29, 0.717) is 12.0 Å². The first-order chi connectivity index (χ1) is 7.40. The number of nitriles is 1. The zero-order valence-corrected chi connectivity index (χ0v) is 8.36. The van der Waals surface area contributed by atoms with Crippen LogP contribution in [0.1, 0.15) is 23.5 Å². The summed E-state index contributed by atoms with van der Waals surface area (Å²) in [5.74, 6) is 0.432. The van der Waals surface area contributed by atoms with Crippen LogP contribution in [0.15, 0.2) is 18.2 Å². The van der Waals surface area contributed by atoms with Gasteiger partial charge in [-0.2, -0.15) is 5.26 Å². The van der Waals surface area contributed by atoms with Gasteiger partial charge in [0.15, 0.2) is 0 Å². The highest BCUT2D eigenvalue weighted by molar-refractivity contribution is 5.68. The van der Waals surface area contributed by atoms with E-state index in [-0.39, 0.29) is 0 Å². The number of anilines is 1. The maximum atomic E-state index is 9.01. The maximum Gasteiger partial charge on any atom is 0.101 e. The Balaban J connectivity index is 2.07. The topological polar surface area (TPSA) is 45.0 Å². The molecule has 1 fully saturated rings. The predicted octanol–water partition coefficient (Wildman–Crippen LogP) is 1.86. The van der Waals surface area contributed by atoms with Crippen molar-refractivity contribution in [3.63, 3.8) is 0 Å². The lowest BCUT2D eigenvalue weighted by atomic mass is 9.92. The molecule has 0 radical (unpaired) electrons. The van der Waals surface area contributed by atoms with E-state index in [0.717, 1.165) is 30.9 Å². The molecule has 1 N–H and O–H groups in total. The van der Waals surface area contributed by atoms with Crippen molar-refractivity contribution in [3.05, 3.63) is 29.3 Å². The van der Waals surface area contributed by atoms with Gasteiger partial charge in [0.05, 0.1) is 17.9 Å². The summed E-state index contributed by atoms with van der Waals surface area (Å²) in [4.78, 5) is 0. The van der Waals surface area contributed by atoms with Crippen molar-refractivity contribution >= 4 is 5.69 Å². The van der Waals surface area contributed by atoms with Crippen molar-refractivity contribution in [2.24, 2.45) is 0 Å². The van der Waals surface area contributed by atoms with Crippen molar-refractivity contribution in [1.29, 1.82) is 5.26 Å². The van der Waals surface area contributed by atoms with Crippen LogP contribution in [0, 0.1) is 11.3 Å². The third-order valence-corrected chi connectivity index (χ3v) is 3.30. The molecule has 76 valence electrons. The van der Waals surface area contributed by atoms with Crippen molar-refractivity contribution in [1.82, 2.24) is 0 Å². The number of rotatable bonds is 0. The summed E-state index contributed by atoms with van der Waals surface area (Å²) in [7, 11) is 0. The Morgan fingerprint density at radius 3 is 3.27 bits per heavy atom. The van der Waals surface area contributed by atoms with E-state index in [9.17, 15) is 0 Å². The molecular formula is C12H12N2O. The molecule has 0 bridgehead atoms. The van der Waals surface area contributed by atoms with Gasteiger partial charge in [-0.1, -0.05) is 12.1 Å². The van der Waals surface area contributed by atoms with Gasteiger partial charge in [-0.05, 0) is 18.1 Å². The predicted molar refractivity (Wildman–Crippen MR) is 56.7 cm³/mol. The standard InChI is InChI=1S/C12H12N2O/c13-6-8-2-1-3-9-10-7-15-5-4-11(10)14-12(8)9/h1-3,10-11,14H,4-5,7H2. The molecule has 1 aromatic carbocycles. The molecular weight excluding hydrogens is 188 g/mol.